The van der Waals surface area contributed by atoms with E-state index in [1.54, 1.807) is 12.1 Å². The zero-order valence-electron chi connectivity index (χ0n) is 16.2. The van der Waals surface area contributed by atoms with Crippen molar-refractivity contribution in [3.8, 4) is 5.88 Å². The number of aromatic hydroxyl groups is 1. The Kier molecular flexibility index (Phi) is 4.78. The normalized spacial score (nSPS) is 20.6. The molecule has 2 aliphatic heterocycles. The Morgan fingerprint density at radius 1 is 1.21 bits per heavy atom. The maximum absolute atomic E-state index is 13.6. The number of piperidine rings is 1. The number of hydrogen-bond donors (Lipinski definition) is 1. The fraction of sp³-hybridized carbons (Fsp3) is 0.500. The Hall–Kier alpha value is -2.07. The van der Waals surface area contributed by atoms with Gasteiger partial charge < -0.3 is 14.6 Å². The average Bonchev–Trinajstić information content (AvgIpc) is 3.43. The molecule has 29 heavy (non-hydrogen) atoms. The SMILES string of the molecule is CCc1nc2sc([C@@H](c3ccc(F)cc3)N3CCC4(CC3)OCCO4)c(O)n2n1. The lowest BCUT2D eigenvalue weighted by Gasteiger charge is -2.41. The van der Waals surface area contributed by atoms with Gasteiger partial charge in [-0.25, -0.2) is 9.37 Å². The van der Waals surface area contributed by atoms with Crippen molar-refractivity contribution in [1.82, 2.24) is 19.5 Å². The van der Waals surface area contributed by atoms with Crippen LogP contribution in [0, 0.1) is 5.82 Å². The van der Waals surface area contributed by atoms with Crippen molar-refractivity contribution in [2.45, 2.75) is 38.0 Å². The highest BCUT2D eigenvalue weighted by atomic mass is 32.1. The molecule has 0 saturated carbocycles. The van der Waals surface area contributed by atoms with E-state index >= 15 is 0 Å². The molecule has 0 bridgehead atoms. The number of benzene rings is 1. The second-order valence-corrected chi connectivity index (χ2v) is 8.47. The number of thiazole rings is 1. The summed E-state index contributed by atoms with van der Waals surface area (Å²) in [6.45, 7) is 4.74. The molecule has 0 aliphatic carbocycles. The summed E-state index contributed by atoms with van der Waals surface area (Å²) >= 11 is 1.43. The van der Waals surface area contributed by atoms with Crippen LogP contribution in [0.25, 0.3) is 4.96 Å². The topological polar surface area (TPSA) is 72.1 Å². The molecular weight excluding hydrogens is 395 g/mol. The van der Waals surface area contributed by atoms with Gasteiger partial charge in [0.25, 0.3) is 0 Å². The van der Waals surface area contributed by atoms with Crippen molar-refractivity contribution in [1.29, 1.82) is 0 Å². The van der Waals surface area contributed by atoms with E-state index in [1.165, 1.54) is 28.0 Å². The molecule has 1 spiro atoms. The van der Waals surface area contributed by atoms with Crippen LogP contribution >= 0.6 is 11.3 Å². The van der Waals surface area contributed by atoms with Gasteiger partial charge in [-0.2, -0.15) is 4.52 Å². The number of aromatic nitrogens is 3. The minimum atomic E-state index is -0.479. The number of nitrogens with zero attached hydrogens (tertiary/aromatic N) is 4. The molecule has 154 valence electrons. The molecule has 2 aromatic heterocycles. The van der Waals surface area contributed by atoms with E-state index in [4.69, 9.17) is 9.47 Å². The maximum atomic E-state index is 13.6. The van der Waals surface area contributed by atoms with E-state index in [1.807, 2.05) is 6.92 Å². The minimum Gasteiger partial charge on any atom is -0.492 e. The van der Waals surface area contributed by atoms with E-state index in [9.17, 15) is 9.50 Å². The standard InChI is InChI=1S/C20H23FN4O3S/c1-2-15-22-19-25(23-15)18(26)17(29-19)16(13-3-5-14(21)6-4-13)24-9-7-20(8-10-24)27-11-12-28-20/h3-6,16,26H,2,7-12H2,1H3/t16-/m1/s1. The molecule has 1 atom stereocenters. The summed E-state index contributed by atoms with van der Waals surface area (Å²) in [5.74, 6) is 0.0393. The van der Waals surface area contributed by atoms with Crippen molar-refractivity contribution in [2.24, 2.45) is 0 Å². The van der Waals surface area contributed by atoms with Crippen LogP contribution in [0.15, 0.2) is 24.3 Å². The van der Waals surface area contributed by atoms with Crippen LogP contribution in [0.3, 0.4) is 0 Å². The molecule has 0 radical (unpaired) electrons. The summed E-state index contributed by atoms with van der Waals surface area (Å²) in [5, 5.41) is 15.3. The number of rotatable bonds is 4. The highest BCUT2D eigenvalue weighted by Gasteiger charge is 2.42. The van der Waals surface area contributed by atoms with Gasteiger partial charge in [0.2, 0.25) is 10.8 Å². The molecule has 1 aromatic carbocycles. The van der Waals surface area contributed by atoms with Crippen molar-refractivity contribution in [2.75, 3.05) is 26.3 Å². The molecule has 2 fully saturated rings. The lowest BCUT2D eigenvalue weighted by molar-refractivity contribution is -0.187. The molecule has 1 N–H and O–H groups in total. The molecule has 3 aromatic rings. The zero-order chi connectivity index (χ0) is 20.0. The van der Waals surface area contributed by atoms with Gasteiger partial charge >= 0.3 is 0 Å². The predicted molar refractivity (Wildman–Crippen MR) is 106 cm³/mol. The van der Waals surface area contributed by atoms with Crippen LogP contribution in [-0.4, -0.2) is 56.7 Å². The number of aryl methyl sites for hydroxylation is 1. The first-order valence-corrected chi connectivity index (χ1v) is 10.7. The highest BCUT2D eigenvalue weighted by Crippen LogP contribution is 2.42. The van der Waals surface area contributed by atoms with Crippen molar-refractivity contribution >= 4 is 16.3 Å². The fourth-order valence-corrected chi connectivity index (χ4v) is 5.34. The zero-order valence-corrected chi connectivity index (χ0v) is 17.0. The first kappa shape index (κ1) is 18.9. The third kappa shape index (κ3) is 3.31. The van der Waals surface area contributed by atoms with Gasteiger partial charge in [0.1, 0.15) is 5.82 Å². The van der Waals surface area contributed by atoms with E-state index in [2.05, 4.69) is 15.0 Å². The number of fused-ring (bicyclic) bond motifs is 1. The Bertz CT molecular complexity index is 1000. The maximum Gasteiger partial charge on any atom is 0.230 e. The van der Waals surface area contributed by atoms with Gasteiger partial charge in [-0.1, -0.05) is 30.4 Å². The van der Waals surface area contributed by atoms with E-state index in [0.29, 0.717) is 30.4 Å². The van der Waals surface area contributed by atoms with Crippen molar-refractivity contribution in [3.05, 3.63) is 46.3 Å². The Morgan fingerprint density at radius 3 is 2.52 bits per heavy atom. The van der Waals surface area contributed by atoms with Gasteiger partial charge in [-0.15, -0.1) is 5.10 Å². The van der Waals surface area contributed by atoms with Gasteiger partial charge in [0, 0.05) is 32.4 Å². The molecule has 4 heterocycles. The van der Waals surface area contributed by atoms with Gasteiger partial charge in [-0.05, 0) is 17.7 Å². The summed E-state index contributed by atoms with van der Waals surface area (Å²) in [6, 6.07) is 6.26. The summed E-state index contributed by atoms with van der Waals surface area (Å²) in [5.41, 5.74) is 0.922. The molecule has 2 aliphatic rings. The second kappa shape index (κ2) is 7.32. The lowest BCUT2D eigenvalue weighted by Crippen LogP contribution is -2.46. The van der Waals surface area contributed by atoms with Gasteiger partial charge in [0.15, 0.2) is 11.6 Å². The van der Waals surface area contributed by atoms with Crippen LogP contribution in [0.5, 0.6) is 5.88 Å². The second-order valence-electron chi connectivity index (χ2n) is 7.46. The molecule has 0 amide bonds. The number of ether oxygens (including phenoxy) is 2. The van der Waals surface area contributed by atoms with Gasteiger partial charge in [0.05, 0.1) is 24.1 Å². The van der Waals surface area contributed by atoms with Crippen LogP contribution < -0.4 is 0 Å². The summed E-state index contributed by atoms with van der Waals surface area (Å²) < 4.78 is 26.8. The first-order chi connectivity index (χ1) is 14.1. The quantitative estimate of drug-likeness (QED) is 0.702. The molecular formula is C20H23FN4O3S. The van der Waals surface area contributed by atoms with Crippen LogP contribution in [0.1, 0.15) is 42.1 Å². The number of hydrogen-bond acceptors (Lipinski definition) is 7. The van der Waals surface area contributed by atoms with Gasteiger partial charge in [-0.3, -0.25) is 4.90 Å². The number of likely N-dealkylation sites (tertiary alicyclic amines) is 1. The average molecular weight is 418 g/mol. The molecule has 2 saturated heterocycles. The smallest absolute Gasteiger partial charge is 0.230 e. The molecule has 5 rings (SSSR count). The third-order valence-electron chi connectivity index (χ3n) is 5.73. The van der Waals surface area contributed by atoms with Crippen molar-refractivity contribution < 1.29 is 19.0 Å². The molecule has 9 heteroatoms. The summed E-state index contributed by atoms with van der Waals surface area (Å²) in [4.78, 5) is 8.21. The molecule has 7 nitrogen and oxygen atoms in total. The monoisotopic (exact) mass is 418 g/mol. The third-order valence-corrected chi connectivity index (χ3v) is 6.80. The summed E-state index contributed by atoms with van der Waals surface area (Å²) in [7, 11) is 0. The van der Waals surface area contributed by atoms with E-state index < -0.39 is 5.79 Å². The van der Waals surface area contributed by atoms with E-state index in [-0.39, 0.29) is 17.7 Å². The van der Waals surface area contributed by atoms with Crippen LogP contribution in [0.2, 0.25) is 0 Å². The minimum absolute atomic E-state index is 0.0974. The Morgan fingerprint density at radius 2 is 1.90 bits per heavy atom. The first-order valence-electron chi connectivity index (χ1n) is 9.93. The Labute approximate surface area is 171 Å². The van der Waals surface area contributed by atoms with Crippen LogP contribution in [-0.2, 0) is 15.9 Å². The predicted octanol–water partition coefficient (Wildman–Crippen LogP) is 3.13. The Balaban J connectivity index is 1.52. The lowest BCUT2D eigenvalue weighted by atomic mass is 9.97. The van der Waals surface area contributed by atoms with E-state index in [0.717, 1.165) is 36.4 Å². The highest BCUT2D eigenvalue weighted by molar-refractivity contribution is 7.17. The fourth-order valence-electron chi connectivity index (χ4n) is 4.20. The molecule has 0 unspecified atom stereocenters. The summed E-state index contributed by atoms with van der Waals surface area (Å²) in [6.07, 6.45) is 2.22. The van der Waals surface area contributed by atoms with Crippen LogP contribution in [0.4, 0.5) is 4.39 Å². The van der Waals surface area contributed by atoms with Crippen molar-refractivity contribution in [3.63, 3.8) is 0 Å². The largest absolute Gasteiger partial charge is 0.492 e. The number of halogens is 1.